The van der Waals surface area contributed by atoms with E-state index in [0.29, 0.717) is 16.7 Å². The Balaban J connectivity index is 1.86. The topological polar surface area (TPSA) is 38.3 Å². The molecule has 0 fully saturated rings. The number of carbonyl (C=O) groups is 1. The molecule has 2 aromatic rings. The highest BCUT2D eigenvalue weighted by Gasteiger charge is 2.11. The zero-order chi connectivity index (χ0) is 17.5. The molecule has 0 aliphatic rings. The van der Waals surface area contributed by atoms with E-state index in [-0.39, 0.29) is 18.6 Å². The number of hydrogen-bond acceptors (Lipinski definition) is 2. The predicted molar refractivity (Wildman–Crippen MR) is 98.5 cm³/mol. The standard InChI is InChI=1S/C20H24ClNO2/c1-14(2)12-16-8-10-17(11-9-16)15(3)22-20(23)13-24-19-7-5-4-6-18(19)21/h4-11,14-15H,12-13H2,1-3H3,(H,22,23)/t15-/m0/s1. The molecule has 2 aromatic carbocycles. The third kappa shape index (κ3) is 5.57. The van der Waals surface area contributed by atoms with Gasteiger partial charge in [0.1, 0.15) is 5.75 Å². The van der Waals surface area contributed by atoms with E-state index in [1.54, 1.807) is 12.1 Å². The summed E-state index contributed by atoms with van der Waals surface area (Å²) in [4.78, 5) is 12.0. The van der Waals surface area contributed by atoms with Crippen molar-refractivity contribution in [3.8, 4) is 5.75 Å². The molecule has 0 bridgehead atoms. The molecule has 1 N–H and O–H groups in total. The molecule has 0 spiro atoms. The van der Waals surface area contributed by atoms with Crippen molar-refractivity contribution < 1.29 is 9.53 Å². The van der Waals surface area contributed by atoms with E-state index in [9.17, 15) is 4.79 Å². The van der Waals surface area contributed by atoms with Crippen molar-refractivity contribution in [1.29, 1.82) is 0 Å². The third-order valence-electron chi connectivity index (χ3n) is 3.70. The second kappa shape index (κ2) is 8.74. The molecule has 3 nitrogen and oxygen atoms in total. The second-order valence-corrected chi connectivity index (χ2v) is 6.76. The van der Waals surface area contributed by atoms with Crippen LogP contribution in [0.15, 0.2) is 48.5 Å². The molecule has 0 saturated carbocycles. The highest BCUT2D eigenvalue weighted by molar-refractivity contribution is 6.32. The first kappa shape index (κ1) is 18.3. The molecular formula is C20H24ClNO2. The van der Waals surface area contributed by atoms with Crippen molar-refractivity contribution in [2.45, 2.75) is 33.2 Å². The van der Waals surface area contributed by atoms with Crippen LogP contribution >= 0.6 is 11.6 Å². The van der Waals surface area contributed by atoms with Crippen LogP contribution in [0.25, 0.3) is 0 Å². The molecule has 24 heavy (non-hydrogen) atoms. The molecule has 0 aromatic heterocycles. The molecule has 0 aliphatic heterocycles. The highest BCUT2D eigenvalue weighted by Crippen LogP contribution is 2.23. The number of benzene rings is 2. The van der Waals surface area contributed by atoms with E-state index in [0.717, 1.165) is 12.0 Å². The van der Waals surface area contributed by atoms with Gasteiger partial charge < -0.3 is 10.1 Å². The van der Waals surface area contributed by atoms with Gasteiger partial charge in [-0.25, -0.2) is 0 Å². The van der Waals surface area contributed by atoms with E-state index in [4.69, 9.17) is 16.3 Å². The minimum absolute atomic E-state index is 0.0560. The zero-order valence-electron chi connectivity index (χ0n) is 14.4. The van der Waals surface area contributed by atoms with Gasteiger partial charge in [0.2, 0.25) is 0 Å². The Labute approximate surface area is 149 Å². The van der Waals surface area contributed by atoms with Gasteiger partial charge in [0.15, 0.2) is 6.61 Å². The minimum atomic E-state index is -0.173. The Kier molecular flexibility index (Phi) is 6.68. The number of rotatable bonds is 7. The summed E-state index contributed by atoms with van der Waals surface area (Å²) in [7, 11) is 0. The third-order valence-corrected chi connectivity index (χ3v) is 4.01. The lowest BCUT2D eigenvalue weighted by molar-refractivity contribution is -0.123. The number of amides is 1. The van der Waals surface area contributed by atoms with Crippen LogP contribution in [0.4, 0.5) is 0 Å². The normalized spacial score (nSPS) is 12.0. The Morgan fingerprint density at radius 1 is 1.08 bits per heavy atom. The second-order valence-electron chi connectivity index (χ2n) is 6.35. The highest BCUT2D eigenvalue weighted by atomic mass is 35.5. The lowest BCUT2D eigenvalue weighted by Crippen LogP contribution is -2.31. The fourth-order valence-electron chi connectivity index (χ4n) is 2.49. The van der Waals surface area contributed by atoms with Crippen LogP contribution in [0.2, 0.25) is 5.02 Å². The average Bonchev–Trinajstić information content (AvgIpc) is 2.54. The monoisotopic (exact) mass is 345 g/mol. The van der Waals surface area contributed by atoms with Gasteiger partial charge in [-0.15, -0.1) is 0 Å². The molecule has 1 atom stereocenters. The Morgan fingerprint density at radius 2 is 1.75 bits per heavy atom. The molecule has 128 valence electrons. The summed E-state index contributed by atoms with van der Waals surface area (Å²) in [5.41, 5.74) is 2.39. The quantitative estimate of drug-likeness (QED) is 0.783. The van der Waals surface area contributed by atoms with E-state index < -0.39 is 0 Å². The first-order valence-corrected chi connectivity index (χ1v) is 8.59. The van der Waals surface area contributed by atoms with Crippen LogP contribution in [-0.4, -0.2) is 12.5 Å². The van der Waals surface area contributed by atoms with Crippen LogP contribution in [0.1, 0.15) is 37.9 Å². The fraction of sp³-hybridized carbons (Fsp3) is 0.350. The molecule has 1 amide bonds. The van der Waals surface area contributed by atoms with Crippen LogP contribution in [-0.2, 0) is 11.2 Å². The summed E-state index contributed by atoms with van der Waals surface area (Å²) in [5.74, 6) is 0.976. The smallest absolute Gasteiger partial charge is 0.258 e. The van der Waals surface area contributed by atoms with E-state index in [2.05, 4.69) is 43.4 Å². The molecule has 0 saturated heterocycles. The first-order chi connectivity index (χ1) is 11.5. The number of nitrogens with one attached hydrogen (secondary N) is 1. The lowest BCUT2D eigenvalue weighted by Gasteiger charge is -2.16. The molecule has 0 radical (unpaired) electrons. The first-order valence-electron chi connectivity index (χ1n) is 8.21. The average molecular weight is 346 g/mol. The van der Waals surface area contributed by atoms with Gasteiger partial charge in [0.05, 0.1) is 11.1 Å². The number of halogens is 1. The fourth-order valence-corrected chi connectivity index (χ4v) is 2.68. The summed E-state index contributed by atoms with van der Waals surface area (Å²) < 4.78 is 5.45. The molecule has 0 unspecified atom stereocenters. The minimum Gasteiger partial charge on any atom is -0.482 e. The Morgan fingerprint density at radius 3 is 2.38 bits per heavy atom. The van der Waals surface area contributed by atoms with E-state index >= 15 is 0 Å². The molecular weight excluding hydrogens is 322 g/mol. The van der Waals surface area contributed by atoms with Gasteiger partial charge in [-0.05, 0) is 42.5 Å². The summed E-state index contributed by atoms with van der Waals surface area (Å²) in [6, 6.07) is 15.4. The van der Waals surface area contributed by atoms with Gasteiger partial charge in [-0.1, -0.05) is 61.8 Å². The van der Waals surface area contributed by atoms with Gasteiger partial charge >= 0.3 is 0 Å². The number of para-hydroxylation sites is 1. The van der Waals surface area contributed by atoms with Gasteiger partial charge in [-0.2, -0.15) is 0 Å². The van der Waals surface area contributed by atoms with Crippen molar-refractivity contribution >= 4 is 17.5 Å². The largest absolute Gasteiger partial charge is 0.482 e. The zero-order valence-corrected chi connectivity index (χ0v) is 15.1. The number of hydrogen-bond donors (Lipinski definition) is 1. The van der Waals surface area contributed by atoms with Crippen molar-refractivity contribution in [2.75, 3.05) is 6.61 Å². The summed E-state index contributed by atoms with van der Waals surface area (Å²) in [6.07, 6.45) is 1.06. The predicted octanol–water partition coefficient (Wildman–Crippen LogP) is 4.79. The van der Waals surface area contributed by atoms with Crippen molar-refractivity contribution in [3.05, 3.63) is 64.7 Å². The molecule has 4 heteroatoms. The Hall–Kier alpha value is -2.00. The summed E-state index contributed by atoms with van der Waals surface area (Å²) in [6.45, 7) is 6.32. The van der Waals surface area contributed by atoms with Crippen LogP contribution in [0.5, 0.6) is 5.75 Å². The van der Waals surface area contributed by atoms with Crippen LogP contribution < -0.4 is 10.1 Å². The maximum Gasteiger partial charge on any atom is 0.258 e. The van der Waals surface area contributed by atoms with E-state index in [1.807, 2.05) is 19.1 Å². The van der Waals surface area contributed by atoms with E-state index in [1.165, 1.54) is 5.56 Å². The Bertz CT molecular complexity index is 668. The number of ether oxygens (including phenoxy) is 1. The van der Waals surface area contributed by atoms with Crippen molar-refractivity contribution in [1.82, 2.24) is 5.32 Å². The van der Waals surface area contributed by atoms with Crippen LogP contribution in [0, 0.1) is 5.92 Å². The SMILES string of the molecule is CC(C)Cc1ccc([C@H](C)NC(=O)COc2ccccc2Cl)cc1. The maximum atomic E-state index is 12.0. The summed E-state index contributed by atoms with van der Waals surface area (Å²) >= 11 is 6.00. The number of carbonyl (C=O) groups excluding carboxylic acids is 1. The van der Waals surface area contributed by atoms with Gasteiger partial charge in [-0.3, -0.25) is 4.79 Å². The molecule has 0 aliphatic carbocycles. The summed E-state index contributed by atoms with van der Waals surface area (Å²) in [5, 5.41) is 3.44. The van der Waals surface area contributed by atoms with Crippen LogP contribution in [0.3, 0.4) is 0 Å². The van der Waals surface area contributed by atoms with Crippen molar-refractivity contribution in [2.24, 2.45) is 5.92 Å². The van der Waals surface area contributed by atoms with Crippen molar-refractivity contribution in [3.63, 3.8) is 0 Å². The maximum absolute atomic E-state index is 12.0. The van der Waals surface area contributed by atoms with Gasteiger partial charge in [0, 0.05) is 0 Å². The van der Waals surface area contributed by atoms with Gasteiger partial charge in [0.25, 0.3) is 5.91 Å². The lowest BCUT2D eigenvalue weighted by atomic mass is 10.00. The molecule has 2 rings (SSSR count). The molecule has 0 heterocycles.